The van der Waals surface area contributed by atoms with Crippen LogP contribution in [0.15, 0.2) is 42.5 Å². The molecule has 0 radical (unpaired) electrons. The predicted octanol–water partition coefficient (Wildman–Crippen LogP) is 4.68. The molecule has 102 valence electrons. The lowest BCUT2D eigenvalue weighted by Gasteiger charge is -2.33. The Morgan fingerprint density at radius 3 is 2.50 bits per heavy atom. The second-order valence-electron chi connectivity index (χ2n) is 5.07. The average Bonchev–Trinajstić information content (AvgIpc) is 2.87. The lowest BCUT2D eigenvalue weighted by atomic mass is 10.1. The van der Waals surface area contributed by atoms with Crippen molar-refractivity contribution < 1.29 is 0 Å². The van der Waals surface area contributed by atoms with Crippen LogP contribution in [0.2, 0.25) is 0 Å². The molecule has 0 saturated carbocycles. The number of allylic oxidation sites excluding steroid dienone is 2. The summed E-state index contributed by atoms with van der Waals surface area (Å²) in [7, 11) is 0. The van der Waals surface area contributed by atoms with Crippen LogP contribution in [0.25, 0.3) is 16.0 Å². The van der Waals surface area contributed by atoms with E-state index < -0.39 is 0 Å². The molecule has 3 rings (SSSR count). The van der Waals surface area contributed by atoms with Gasteiger partial charge in [0.2, 0.25) is 0 Å². The van der Waals surface area contributed by atoms with E-state index in [9.17, 15) is 0 Å². The first-order chi connectivity index (χ1) is 9.78. The Bertz CT molecular complexity index is 633. The lowest BCUT2D eigenvalue weighted by Crippen LogP contribution is -2.36. The predicted molar refractivity (Wildman–Crippen MR) is 89.0 cm³/mol. The molecule has 0 aliphatic carbocycles. The Morgan fingerprint density at radius 2 is 1.90 bits per heavy atom. The molecule has 1 saturated heterocycles. The molecule has 0 atom stereocenters. The van der Waals surface area contributed by atoms with Crippen LogP contribution >= 0.6 is 11.3 Å². The fraction of sp³-hybridized carbons (Fsp3) is 0.235. The summed E-state index contributed by atoms with van der Waals surface area (Å²) in [5.74, 6) is 0. The van der Waals surface area contributed by atoms with Gasteiger partial charge in [-0.2, -0.15) is 0 Å². The SMILES string of the molecule is C/C(=C\C=N)c1ccc(-c2ccc(N3CCC3)cc2)s1. The zero-order valence-corrected chi connectivity index (χ0v) is 12.4. The van der Waals surface area contributed by atoms with E-state index in [0.717, 1.165) is 5.57 Å². The molecule has 0 amide bonds. The fourth-order valence-corrected chi connectivity index (χ4v) is 3.32. The van der Waals surface area contributed by atoms with Crippen molar-refractivity contribution in [3.8, 4) is 10.4 Å². The molecule has 1 fully saturated rings. The zero-order valence-electron chi connectivity index (χ0n) is 11.6. The molecule has 1 N–H and O–H groups in total. The van der Waals surface area contributed by atoms with Gasteiger partial charge in [0.15, 0.2) is 0 Å². The Morgan fingerprint density at radius 1 is 1.15 bits per heavy atom. The molecule has 20 heavy (non-hydrogen) atoms. The molecule has 1 aliphatic rings. The van der Waals surface area contributed by atoms with E-state index in [0.29, 0.717) is 0 Å². The Hall–Kier alpha value is -1.87. The number of rotatable bonds is 4. The fourth-order valence-electron chi connectivity index (χ4n) is 2.32. The highest BCUT2D eigenvalue weighted by Crippen LogP contribution is 2.33. The Balaban J connectivity index is 1.82. The van der Waals surface area contributed by atoms with Gasteiger partial charge in [0.1, 0.15) is 0 Å². The van der Waals surface area contributed by atoms with Crippen molar-refractivity contribution >= 4 is 28.8 Å². The summed E-state index contributed by atoms with van der Waals surface area (Å²) in [6.07, 6.45) is 4.49. The molecule has 0 bridgehead atoms. The smallest absolute Gasteiger partial charge is 0.0366 e. The van der Waals surface area contributed by atoms with E-state index in [-0.39, 0.29) is 0 Å². The molecule has 2 aromatic rings. The van der Waals surface area contributed by atoms with E-state index in [1.54, 1.807) is 11.3 Å². The molecule has 0 unspecified atom stereocenters. The normalized spacial score (nSPS) is 15.1. The summed E-state index contributed by atoms with van der Waals surface area (Å²) < 4.78 is 0. The lowest BCUT2D eigenvalue weighted by molar-refractivity contribution is 0.618. The van der Waals surface area contributed by atoms with Crippen LogP contribution in [0.1, 0.15) is 18.2 Å². The third-order valence-electron chi connectivity index (χ3n) is 3.70. The van der Waals surface area contributed by atoms with Crippen LogP contribution in [0, 0.1) is 5.41 Å². The van der Waals surface area contributed by atoms with Gasteiger partial charge in [0, 0.05) is 34.7 Å². The number of thiophene rings is 1. The molecular weight excluding hydrogens is 264 g/mol. The van der Waals surface area contributed by atoms with Crippen molar-refractivity contribution in [2.24, 2.45) is 0 Å². The van der Waals surface area contributed by atoms with Crippen molar-refractivity contribution in [2.75, 3.05) is 18.0 Å². The van der Waals surface area contributed by atoms with Crippen LogP contribution in [-0.4, -0.2) is 19.3 Å². The van der Waals surface area contributed by atoms with Gasteiger partial charge >= 0.3 is 0 Å². The molecule has 2 heterocycles. The first-order valence-electron chi connectivity index (χ1n) is 6.91. The van der Waals surface area contributed by atoms with Crippen molar-refractivity contribution in [3.05, 3.63) is 47.4 Å². The highest BCUT2D eigenvalue weighted by Gasteiger charge is 2.14. The largest absolute Gasteiger partial charge is 0.371 e. The van der Waals surface area contributed by atoms with E-state index in [1.807, 2.05) is 13.0 Å². The summed E-state index contributed by atoms with van der Waals surface area (Å²) in [6.45, 7) is 4.43. The maximum absolute atomic E-state index is 7.14. The van der Waals surface area contributed by atoms with Crippen LogP contribution in [0.3, 0.4) is 0 Å². The summed E-state index contributed by atoms with van der Waals surface area (Å²) >= 11 is 1.78. The molecule has 2 nitrogen and oxygen atoms in total. The molecule has 1 aromatic heterocycles. The topological polar surface area (TPSA) is 27.1 Å². The second kappa shape index (κ2) is 5.63. The van der Waals surface area contributed by atoms with Gasteiger partial charge in [-0.25, -0.2) is 0 Å². The summed E-state index contributed by atoms with van der Waals surface area (Å²) in [6, 6.07) is 13.2. The van der Waals surface area contributed by atoms with Crippen molar-refractivity contribution in [3.63, 3.8) is 0 Å². The van der Waals surface area contributed by atoms with Gasteiger partial charge in [-0.3, -0.25) is 0 Å². The third-order valence-corrected chi connectivity index (χ3v) is 4.97. The molecule has 0 spiro atoms. The number of hydrogen-bond acceptors (Lipinski definition) is 3. The minimum Gasteiger partial charge on any atom is -0.371 e. The van der Waals surface area contributed by atoms with E-state index >= 15 is 0 Å². The van der Waals surface area contributed by atoms with E-state index in [1.165, 1.54) is 46.7 Å². The van der Waals surface area contributed by atoms with Crippen LogP contribution in [0.5, 0.6) is 0 Å². The summed E-state index contributed by atoms with van der Waals surface area (Å²) in [5.41, 5.74) is 3.75. The maximum Gasteiger partial charge on any atom is 0.0366 e. The molecule has 1 aromatic carbocycles. The standard InChI is InChI=1S/C17H18N2S/c1-13(9-10-18)16-7-8-17(20-16)14-3-5-15(6-4-14)19-11-2-12-19/h3-10,18H,2,11-12H2,1H3/b13-9+,18-10?. The first-order valence-corrected chi connectivity index (χ1v) is 7.72. The highest BCUT2D eigenvalue weighted by atomic mass is 32.1. The van der Waals surface area contributed by atoms with Gasteiger partial charge in [-0.05, 0) is 54.8 Å². The Kier molecular flexibility index (Phi) is 3.70. The molecular formula is C17H18N2S. The van der Waals surface area contributed by atoms with Crippen LogP contribution < -0.4 is 4.90 Å². The third kappa shape index (κ3) is 2.54. The van der Waals surface area contributed by atoms with Gasteiger partial charge in [0.25, 0.3) is 0 Å². The number of nitrogens with zero attached hydrogens (tertiary/aromatic N) is 1. The van der Waals surface area contributed by atoms with Gasteiger partial charge in [-0.15, -0.1) is 11.3 Å². The van der Waals surface area contributed by atoms with E-state index in [4.69, 9.17) is 5.41 Å². The average molecular weight is 282 g/mol. The highest BCUT2D eigenvalue weighted by molar-refractivity contribution is 7.16. The van der Waals surface area contributed by atoms with Gasteiger partial charge in [-0.1, -0.05) is 12.1 Å². The van der Waals surface area contributed by atoms with Crippen molar-refractivity contribution in [2.45, 2.75) is 13.3 Å². The van der Waals surface area contributed by atoms with Crippen LogP contribution in [-0.2, 0) is 0 Å². The minimum absolute atomic E-state index is 1.15. The summed E-state index contributed by atoms with van der Waals surface area (Å²) in [5, 5.41) is 7.14. The number of anilines is 1. The van der Waals surface area contributed by atoms with Crippen LogP contribution in [0.4, 0.5) is 5.69 Å². The number of benzene rings is 1. The number of hydrogen-bond donors (Lipinski definition) is 1. The van der Waals surface area contributed by atoms with Crippen molar-refractivity contribution in [1.29, 1.82) is 5.41 Å². The maximum atomic E-state index is 7.14. The number of nitrogens with one attached hydrogen (secondary N) is 1. The Labute approximate surface area is 123 Å². The minimum atomic E-state index is 1.15. The first kappa shape index (κ1) is 13.1. The van der Waals surface area contributed by atoms with E-state index in [2.05, 4.69) is 41.3 Å². The second-order valence-corrected chi connectivity index (χ2v) is 6.15. The molecule has 1 aliphatic heterocycles. The summed E-state index contributed by atoms with van der Waals surface area (Å²) in [4.78, 5) is 4.92. The monoisotopic (exact) mass is 282 g/mol. The van der Waals surface area contributed by atoms with Gasteiger partial charge < -0.3 is 10.3 Å². The molecule has 3 heteroatoms. The zero-order chi connectivity index (χ0) is 13.9. The van der Waals surface area contributed by atoms with Gasteiger partial charge in [0.05, 0.1) is 0 Å². The van der Waals surface area contributed by atoms with Crippen molar-refractivity contribution in [1.82, 2.24) is 0 Å². The quantitative estimate of drug-likeness (QED) is 0.810.